The van der Waals surface area contributed by atoms with Crippen LogP contribution in [0.4, 0.5) is 5.69 Å². The molecule has 1 amide bonds. The number of piperidine rings is 3. The maximum Gasteiger partial charge on any atom is 0.261 e. The lowest BCUT2D eigenvalue weighted by Crippen LogP contribution is -2.62. The summed E-state index contributed by atoms with van der Waals surface area (Å²) in [6, 6.07) is 10.8. The molecule has 0 spiro atoms. The van der Waals surface area contributed by atoms with Gasteiger partial charge in [0.2, 0.25) is 10.0 Å². The second kappa shape index (κ2) is 7.97. The van der Waals surface area contributed by atoms with Gasteiger partial charge in [-0.1, -0.05) is 17.4 Å². The number of nitrogens with one attached hydrogen (secondary N) is 2. The summed E-state index contributed by atoms with van der Waals surface area (Å²) in [7, 11) is -3.36. The summed E-state index contributed by atoms with van der Waals surface area (Å²) in [4.78, 5) is 15.8. The smallest absolute Gasteiger partial charge is 0.261 e. The number of benzene rings is 1. The lowest BCUT2D eigenvalue weighted by atomic mass is 9.79. The zero-order valence-electron chi connectivity index (χ0n) is 16.4. The Labute approximate surface area is 175 Å². The number of fused-ring (bicyclic) bond motifs is 3. The maximum atomic E-state index is 12.8. The lowest BCUT2D eigenvalue weighted by Gasteiger charge is -2.49. The van der Waals surface area contributed by atoms with Crippen molar-refractivity contribution in [3.05, 3.63) is 41.3 Å². The van der Waals surface area contributed by atoms with Gasteiger partial charge in [0, 0.05) is 18.2 Å². The number of carbonyl (C=O) groups is 1. The predicted octanol–water partition coefficient (Wildman–Crippen LogP) is 3.12. The number of anilines is 1. The molecular formula is C20H25N3O4S2. The fourth-order valence-electron chi connectivity index (χ4n) is 4.22. The molecule has 2 unspecified atom stereocenters. The third-order valence-electron chi connectivity index (χ3n) is 5.64. The molecule has 156 valence electrons. The Morgan fingerprint density at radius 1 is 1.21 bits per heavy atom. The van der Waals surface area contributed by atoms with Crippen LogP contribution in [0.15, 0.2) is 36.4 Å². The molecule has 2 aromatic rings. The van der Waals surface area contributed by atoms with Crippen molar-refractivity contribution in [2.75, 3.05) is 24.1 Å². The molecule has 3 fully saturated rings. The van der Waals surface area contributed by atoms with Crippen molar-refractivity contribution >= 4 is 33.0 Å². The minimum Gasteiger partial charge on any atom is -0.447 e. The zero-order valence-corrected chi connectivity index (χ0v) is 18.1. The number of hydrogen-bond donors (Lipinski definition) is 2. The van der Waals surface area contributed by atoms with Gasteiger partial charge in [-0.25, -0.2) is 8.42 Å². The van der Waals surface area contributed by atoms with Gasteiger partial charge in [-0.2, -0.15) is 0 Å². The SMILES string of the molecule is CC1C(NC(=O)c2ccc(Oc3cccc(NS(C)(=O)=O)c3)s2)C2CCN1CC2. The summed E-state index contributed by atoms with van der Waals surface area (Å²) in [5.74, 6) is 0.987. The molecule has 4 heterocycles. The first kappa shape index (κ1) is 20.2. The highest BCUT2D eigenvalue weighted by Crippen LogP contribution is 2.34. The van der Waals surface area contributed by atoms with E-state index in [0.29, 0.717) is 33.3 Å². The first-order valence-electron chi connectivity index (χ1n) is 9.69. The molecular weight excluding hydrogens is 410 g/mol. The Bertz CT molecular complexity index is 995. The van der Waals surface area contributed by atoms with Crippen LogP contribution in [0.5, 0.6) is 10.8 Å². The van der Waals surface area contributed by atoms with Gasteiger partial charge in [0.25, 0.3) is 5.91 Å². The summed E-state index contributed by atoms with van der Waals surface area (Å²) < 4.78 is 31.0. The number of hydrogen-bond acceptors (Lipinski definition) is 6. The fraction of sp³-hybridized carbons (Fsp3) is 0.450. The Hall–Kier alpha value is -2.10. The van der Waals surface area contributed by atoms with Gasteiger partial charge in [0.15, 0.2) is 5.06 Å². The average molecular weight is 436 g/mol. The molecule has 1 aromatic carbocycles. The number of sulfonamides is 1. The van der Waals surface area contributed by atoms with Crippen molar-refractivity contribution in [3.63, 3.8) is 0 Å². The molecule has 1 aromatic heterocycles. The third-order valence-corrected chi connectivity index (χ3v) is 7.20. The van der Waals surface area contributed by atoms with E-state index in [2.05, 4.69) is 21.9 Å². The van der Waals surface area contributed by atoms with E-state index in [1.54, 1.807) is 36.4 Å². The molecule has 2 N–H and O–H groups in total. The summed E-state index contributed by atoms with van der Waals surface area (Å²) >= 11 is 1.28. The van der Waals surface area contributed by atoms with Gasteiger partial charge in [0.1, 0.15) is 5.75 Å². The van der Waals surface area contributed by atoms with Crippen LogP contribution in [0.3, 0.4) is 0 Å². The molecule has 5 rings (SSSR count). The van der Waals surface area contributed by atoms with Crippen LogP contribution in [0.2, 0.25) is 0 Å². The van der Waals surface area contributed by atoms with E-state index in [1.165, 1.54) is 11.3 Å². The zero-order chi connectivity index (χ0) is 20.6. The van der Waals surface area contributed by atoms with Crippen LogP contribution < -0.4 is 14.8 Å². The molecule has 29 heavy (non-hydrogen) atoms. The Kier molecular flexibility index (Phi) is 5.54. The van der Waals surface area contributed by atoms with Crippen LogP contribution in [0, 0.1) is 5.92 Å². The van der Waals surface area contributed by atoms with E-state index in [-0.39, 0.29) is 11.9 Å². The summed E-state index contributed by atoms with van der Waals surface area (Å²) in [6.07, 6.45) is 3.39. The lowest BCUT2D eigenvalue weighted by molar-refractivity contribution is 0.0218. The molecule has 3 aliphatic rings. The highest BCUT2D eigenvalue weighted by Gasteiger charge is 2.40. The standard InChI is InChI=1S/C20H25N3O4S2/c1-13-19(14-8-10-23(13)11-9-14)21-20(24)17-6-7-18(28-17)27-16-5-3-4-15(12-16)22-29(2,25)26/h3-7,12-14,19,22H,8-11H2,1-2H3,(H,21,24). The van der Waals surface area contributed by atoms with E-state index in [0.717, 1.165) is 32.2 Å². The van der Waals surface area contributed by atoms with Crippen LogP contribution in [0.1, 0.15) is 29.4 Å². The summed E-state index contributed by atoms with van der Waals surface area (Å²) in [5, 5.41) is 3.80. The highest BCUT2D eigenvalue weighted by atomic mass is 32.2. The Morgan fingerprint density at radius 3 is 2.66 bits per heavy atom. The van der Waals surface area contributed by atoms with Crippen molar-refractivity contribution < 1.29 is 17.9 Å². The predicted molar refractivity (Wildman–Crippen MR) is 114 cm³/mol. The Balaban J connectivity index is 1.41. The second-order valence-electron chi connectivity index (χ2n) is 7.74. The first-order valence-corrected chi connectivity index (χ1v) is 12.4. The molecule has 9 heteroatoms. The van der Waals surface area contributed by atoms with Gasteiger partial charge in [-0.3, -0.25) is 14.4 Å². The van der Waals surface area contributed by atoms with Crippen molar-refractivity contribution in [2.24, 2.45) is 5.92 Å². The first-order chi connectivity index (χ1) is 13.8. The topological polar surface area (TPSA) is 87.7 Å². The number of amides is 1. The molecule has 2 bridgehead atoms. The van der Waals surface area contributed by atoms with Crippen LogP contribution in [0.25, 0.3) is 0 Å². The van der Waals surface area contributed by atoms with E-state index in [1.807, 2.05) is 0 Å². The minimum absolute atomic E-state index is 0.0667. The number of rotatable bonds is 6. The Morgan fingerprint density at radius 2 is 1.97 bits per heavy atom. The van der Waals surface area contributed by atoms with Crippen molar-refractivity contribution in [2.45, 2.75) is 31.8 Å². The average Bonchev–Trinajstić information content (AvgIpc) is 3.12. The van der Waals surface area contributed by atoms with E-state index in [4.69, 9.17) is 4.74 Å². The summed E-state index contributed by atoms with van der Waals surface area (Å²) in [6.45, 7) is 4.45. The normalized spacial score (nSPS) is 26.1. The number of ether oxygens (including phenoxy) is 1. The quantitative estimate of drug-likeness (QED) is 0.728. The molecule has 2 atom stereocenters. The molecule has 3 saturated heterocycles. The number of thiophene rings is 1. The second-order valence-corrected chi connectivity index (χ2v) is 10.5. The van der Waals surface area contributed by atoms with E-state index < -0.39 is 10.0 Å². The van der Waals surface area contributed by atoms with Crippen molar-refractivity contribution in [1.29, 1.82) is 0 Å². The third kappa shape index (κ3) is 4.73. The fourth-order valence-corrected chi connectivity index (χ4v) is 5.55. The monoisotopic (exact) mass is 435 g/mol. The molecule has 0 radical (unpaired) electrons. The van der Waals surface area contributed by atoms with Crippen molar-refractivity contribution in [1.82, 2.24) is 10.2 Å². The number of carbonyl (C=O) groups excluding carboxylic acids is 1. The van der Waals surface area contributed by atoms with Crippen LogP contribution in [-0.2, 0) is 10.0 Å². The van der Waals surface area contributed by atoms with Gasteiger partial charge in [0.05, 0.1) is 16.8 Å². The van der Waals surface area contributed by atoms with Crippen molar-refractivity contribution in [3.8, 4) is 10.8 Å². The molecule has 7 nitrogen and oxygen atoms in total. The van der Waals surface area contributed by atoms with E-state index in [9.17, 15) is 13.2 Å². The van der Waals surface area contributed by atoms with Gasteiger partial charge in [-0.05, 0) is 63.0 Å². The number of nitrogens with zero attached hydrogens (tertiary/aromatic N) is 1. The highest BCUT2D eigenvalue weighted by molar-refractivity contribution is 7.92. The molecule has 3 aliphatic heterocycles. The van der Waals surface area contributed by atoms with E-state index >= 15 is 0 Å². The molecule has 0 saturated carbocycles. The van der Waals surface area contributed by atoms with Gasteiger partial charge >= 0.3 is 0 Å². The summed E-state index contributed by atoms with van der Waals surface area (Å²) in [5.41, 5.74) is 0.427. The van der Waals surface area contributed by atoms with Crippen LogP contribution in [-0.4, -0.2) is 50.7 Å². The van der Waals surface area contributed by atoms with Gasteiger partial charge in [-0.15, -0.1) is 0 Å². The maximum absolute atomic E-state index is 12.8. The molecule has 0 aliphatic carbocycles. The van der Waals surface area contributed by atoms with Crippen LogP contribution >= 0.6 is 11.3 Å². The largest absolute Gasteiger partial charge is 0.447 e. The van der Waals surface area contributed by atoms with Gasteiger partial charge < -0.3 is 10.1 Å². The minimum atomic E-state index is -3.36.